The number of anilines is 2. The van der Waals surface area contributed by atoms with E-state index in [-0.39, 0.29) is 11.4 Å². The average Bonchev–Trinajstić information content (AvgIpc) is 2.71. The third-order valence-electron chi connectivity index (χ3n) is 2.02. The Morgan fingerprint density at radius 1 is 1.28 bits per heavy atom. The predicted octanol–water partition coefficient (Wildman–Crippen LogP) is 5.18. The van der Waals surface area contributed by atoms with E-state index in [0.29, 0.717) is 21.6 Å². The molecule has 0 amide bonds. The lowest BCUT2D eigenvalue weighted by atomic mass is 10.3. The Labute approximate surface area is 127 Å². The van der Waals surface area contributed by atoms with Crippen molar-refractivity contribution in [1.82, 2.24) is 10.2 Å². The van der Waals surface area contributed by atoms with Crippen molar-refractivity contribution in [2.75, 3.05) is 5.32 Å². The molecule has 2 aromatic rings. The molecule has 1 atom stereocenters. The summed E-state index contributed by atoms with van der Waals surface area (Å²) in [6.45, 7) is 1.73. The van der Waals surface area contributed by atoms with Gasteiger partial charge in [-0.05, 0) is 19.1 Å². The highest BCUT2D eigenvalue weighted by Crippen LogP contribution is 2.35. The molecule has 0 saturated heterocycles. The van der Waals surface area contributed by atoms with E-state index in [4.69, 9.17) is 39.2 Å². The largest absolute Gasteiger partial charge is 0.406 e. The highest BCUT2D eigenvalue weighted by Gasteiger charge is 2.14. The number of alkyl halides is 1. The Hall–Kier alpha value is -0.490. The van der Waals surface area contributed by atoms with E-state index in [1.165, 1.54) is 0 Å². The molecule has 0 spiro atoms. The smallest absolute Gasteiger partial charge is 0.320 e. The zero-order valence-corrected chi connectivity index (χ0v) is 12.9. The minimum atomic E-state index is -0.357. The summed E-state index contributed by atoms with van der Waals surface area (Å²) in [5.41, 5.74) is 0.499. The molecule has 0 fully saturated rings. The van der Waals surface area contributed by atoms with Crippen molar-refractivity contribution in [3.05, 3.63) is 32.5 Å². The quantitative estimate of drug-likeness (QED) is 0.755. The van der Waals surface area contributed by atoms with Crippen molar-refractivity contribution in [1.29, 1.82) is 0 Å². The van der Waals surface area contributed by atoms with Gasteiger partial charge in [0.05, 0.1) is 15.7 Å². The van der Waals surface area contributed by atoms with Gasteiger partial charge in [-0.25, -0.2) is 0 Å². The van der Waals surface area contributed by atoms with Crippen LogP contribution in [0.2, 0.25) is 10.0 Å². The van der Waals surface area contributed by atoms with Gasteiger partial charge in [-0.15, -0.1) is 16.7 Å². The lowest BCUT2D eigenvalue weighted by Crippen LogP contribution is -1.92. The molecular weight excluding hydrogens is 364 g/mol. The maximum Gasteiger partial charge on any atom is 0.320 e. The van der Waals surface area contributed by atoms with Crippen molar-refractivity contribution in [3.63, 3.8) is 0 Å². The van der Waals surface area contributed by atoms with Crippen LogP contribution in [0.1, 0.15) is 18.2 Å². The third kappa shape index (κ3) is 3.09. The van der Waals surface area contributed by atoms with Crippen molar-refractivity contribution in [2.24, 2.45) is 0 Å². The van der Waals surface area contributed by atoms with Crippen molar-refractivity contribution in [3.8, 4) is 0 Å². The van der Waals surface area contributed by atoms with Gasteiger partial charge in [0.15, 0.2) is 0 Å². The average molecular weight is 371 g/mol. The molecule has 4 nitrogen and oxygen atoms in total. The van der Waals surface area contributed by atoms with E-state index < -0.39 is 0 Å². The molecule has 0 saturated carbocycles. The molecule has 0 bridgehead atoms. The van der Waals surface area contributed by atoms with E-state index in [0.717, 1.165) is 4.47 Å². The second-order valence-corrected chi connectivity index (χ2v) is 5.82. The Kier molecular flexibility index (Phi) is 4.37. The lowest BCUT2D eigenvalue weighted by molar-refractivity contribution is 0.510. The van der Waals surface area contributed by atoms with Crippen LogP contribution in [0.25, 0.3) is 0 Å². The minimum Gasteiger partial charge on any atom is -0.406 e. The van der Waals surface area contributed by atoms with Crippen LogP contribution < -0.4 is 5.32 Å². The number of halogens is 4. The van der Waals surface area contributed by atoms with Crippen LogP contribution in [-0.2, 0) is 0 Å². The number of nitrogens with zero attached hydrogens (tertiary/aromatic N) is 2. The van der Waals surface area contributed by atoms with Gasteiger partial charge in [0, 0.05) is 4.47 Å². The number of rotatable bonds is 3. The van der Waals surface area contributed by atoms with Gasteiger partial charge < -0.3 is 9.73 Å². The molecule has 2 rings (SSSR count). The van der Waals surface area contributed by atoms with Crippen molar-refractivity contribution in [2.45, 2.75) is 12.3 Å². The summed E-state index contributed by atoms with van der Waals surface area (Å²) in [5.74, 6) is 0.323. The molecule has 0 radical (unpaired) electrons. The van der Waals surface area contributed by atoms with Crippen LogP contribution in [0.15, 0.2) is 21.0 Å². The molecule has 8 heteroatoms. The molecule has 18 heavy (non-hydrogen) atoms. The number of hydrogen-bond acceptors (Lipinski definition) is 4. The number of aromatic nitrogens is 2. The topological polar surface area (TPSA) is 51.0 Å². The van der Waals surface area contributed by atoms with E-state index in [2.05, 4.69) is 31.4 Å². The molecule has 1 aromatic heterocycles. The van der Waals surface area contributed by atoms with Crippen LogP contribution >= 0.6 is 50.7 Å². The SMILES string of the molecule is CC(Cl)c1nnc(Nc2c(Cl)cc(Br)cc2Cl)o1. The summed E-state index contributed by atoms with van der Waals surface area (Å²) in [6, 6.07) is 3.60. The summed E-state index contributed by atoms with van der Waals surface area (Å²) in [4.78, 5) is 0. The molecule has 0 aliphatic heterocycles. The summed E-state index contributed by atoms with van der Waals surface area (Å²) in [5, 5.41) is 11.0. The third-order valence-corrected chi connectivity index (χ3v) is 3.26. The molecular formula is C10H7BrCl3N3O. The van der Waals surface area contributed by atoms with Crippen molar-refractivity contribution < 1.29 is 4.42 Å². The minimum absolute atomic E-state index is 0.184. The van der Waals surface area contributed by atoms with Crippen molar-refractivity contribution >= 4 is 62.4 Å². The van der Waals surface area contributed by atoms with Gasteiger partial charge in [-0.2, -0.15) is 0 Å². The molecule has 96 valence electrons. The fraction of sp³-hybridized carbons (Fsp3) is 0.200. The first-order valence-corrected chi connectivity index (χ1v) is 6.85. The highest BCUT2D eigenvalue weighted by atomic mass is 79.9. The molecule has 1 aromatic carbocycles. The van der Waals surface area contributed by atoms with Gasteiger partial charge in [0.1, 0.15) is 5.38 Å². The summed E-state index contributed by atoms with van der Waals surface area (Å²) in [7, 11) is 0. The Morgan fingerprint density at radius 3 is 2.39 bits per heavy atom. The zero-order chi connectivity index (χ0) is 13.3. The standard InChI is InChI=1S/C10H7BrCl3N3O/c1-4(12)9-16-17-10(18-9)15-8-6(13)2-5(11)3-7(8)14/h2-4H,1H3,(H,15,17). The predicted molar refractivity (Wildman–Crippen MR) is 76.0 cm³/mol. The van der Waals surface area contributed by atoms with E-state index in [9.17, 15) is 0 Å². The first-order chi connectivity index (χ1) is 8.47. The number of nitrogens with one attached hydrogen (secondary N) is 1. The maximum absolute atomic E-state index is 6.06. The first kappa shape index (κ1) is 13.9. The number of hydrogen-bond donors (Lipinski definition) is 1. The molecule has 1 heterocycles. The molecule has 0 aliphatic rings. The molecule has 1 N–H and O–H groups in total. The van der Waals surface area contributed by atoms with Gasteiger partial charge in [-0.3, -0.25) is 0 Å². The second kappa shape index (κ2) is 5.65. The Balaban J connectivity index is 2.28. The molecule has 0 aliphatic carbocycles. The highest BCUT2D eigenvalue weighted by molar-refractivity contribution is 9.10. The summed E-state index contributed by atoms with van der Waals surface area (Å²) in [6.07, 6.45) is 0. The Morgan fingerprint density at radius 2 is 1.89 bits per heavy atom. The van der Waals surface area contributed by atoms with E-state index >= 15 is 0 Å². The van der Waals surface area contributed by atoms with E-state index in [1.807, 2.05) is 0 Å². The van der Waals surface area contributed by atoms with Gasteiger partial charge in [0.2, 0.25) is 5.89 Å². The van der Waals surface area contributed by atoms with Crippen LogP contribution in [-0.4, -0.2) is 10.2 Å². The van der Waals surface area contributed by atoms with Crippen LogP contribution in [0.5, 0.6) is 0 Å². The molecule has 1 unspecified atom stereocenters. The Bertz CT molecular complexity index is 550. The zero-order valence-electron chi connectivity index (χ0n) is 9.05. The summed E-state index contributed by atoms with van der Waals surface area (Å²) < 4.78 is 6.08. The maximum atomic E-state index is 6.06. The van der Waals surface area contributed by atoms with E-state index in [1.54, 1.807) is 19.1 Å². The number of benzene rings is 1. The summed E-state index contributed by atoms with van der Waals surface area (Å²) >= 11 is 21.2. The van der Waals surface area contributed by atoms with Gasteiger partial charge in [0.25, 0.3) is 0 Å². The second-order valence-electron chi connectivity index (χ2n) is 3.43. The fourth-order valence-electron chi connectivity index (χ4n) is 1.21. The monoisotopic (exact) mass is 369 g/mol. The lowest BCUT2D eigenvalue weighted by Gasteiger charge is -2.07. The fourth-order valence-corrected chi connectivity index (χ4v) is 2.61. The van der Waals surface area contributed by atoms with Crippen LogP contribution in [0, 0.1) is 0 Å². The van der Waals surface area contributed by atoms with Crippen LogP contribution in [0.4, 0.5) is 11.7 Å². The van der Waals surface area contributed by atoms with Gasteiger partial charge >= 0.3 is 6.01 Å². The normalized spacial score (nSPS) is 12.5. The van der Waals surface area contributed by atoms with Gasteiger partial charge in [-0.1, -0.05) is 44.2 Å². The van der Waals surface area contributed by atoms with Crippen LogP contribution in [0.3, 0.4) is 0 Å². The first-order valence-electron chi connectivity index (χ1n) is 4.86.